The van der Waals surface area contributed by atoms with E-state index >= 15 is 0 Å². The highest BCUT2D eigenvalue weighted by atomic mass is 79.9. The number of H-pyrrole nitrogens is 2. The number of carboxylic acid groups (broad SMARTS) is 1. The summed E-state index contributed by atoms with van der Waals surface area (Å²) in [6, 6.07) is 50.3. The molecule has 7 heterocycles. The molecule has 25 nitrogen and oxygen atoms in total. The number of ether oxygens (including phenoxy) is 6. The number of aryl methyl sites for hydroxylation is 3. The molecule has 28 heteroatoms. The predicted octanol–water partition coefficient (Wildman–Crippen LogP) is 13.0. The van der Waals surface area contributed by atoms with Crippen LogP contribution in [-0.2, 0) is 49.2 Å². The Bertz CT molecular complexity index is 5020. The van der Waals surface area contributed by atoms with Crippen LogP contribution in [0.25, 0.3) is 33.9 Å². The Morgan fingerprint density at radius 1 is 0.444 bits per heavy atom. The lowest BCUT2D eigenvalue weighted by molar-refractivity contribution is -0.140. The molecule has 5 fully saturated rings. The average Bonchev–Trinajstić information content (AvgIpc) is 1.60. The van der Waals surface area contributed by atoms with Crippen molar-refractivity contribution in [1.29, 1.82) is 0 Å². The third-order valence-corrected chi connectivity index (χ3v) is 22.4. The lowest BCUT2D eigenvalue weighted by atomic mass is 9.76. The molecule has 0 spiro atoms. The molecule has 3 saturated carbocycles. The van der Waals surface area contributed by atoms with Gasteiger partial charge in [-0.3, -0.25) is 14.4 Å². The van der Waals surface area contributed by atoms with Crippen molar-refractivity contribution in [3.63, 3.8) is 0 Å². The van der Waals surface area contributed by atoms with Crippen molar-refractivity contribution < 1.29 is 66.5 Å². The number of anilines is 3. The first-order chi connectivity index (χ1) is 51.5. The second-order valence-electron chi connectivity index (χ2n) is 30.1. The topological polar surface area (TPSA) is 323 Å². The molecule has 108 heavy (non-hydrogen) atoms. The maximum Gasteiger partial charge on any atom is 0.495 e. The minimum atomic E-state index is -0.749. The van der Waals surface area contributed by atoms with Crippen molar-refractivity contribution in [2.24, 2.45) is 0 Å². The lowest BCUT2D eigenvalue weighted by Crippen LogP contribution is -2.41. The summed E-state index contributed by atoms with van der Waals surface area (Å²) in [6.45, 7) is 23.1. The number of fused-ring (bicyclic) bond motifs is 3. The number of carbonyl (C=O) groups is 3. The third kappa shape index (κ3) is 15.2. The monoisotopic (exact) mass is 1520 g/mol. The van der Waals surface area contributed by atoms with E-state index in [0.29, 0.717) is 47.5 Å². The number of hydrogen-bond acceptors (Lipinski definition) is 20. The quantitative estimate of drug-likeness (QED) is 0.0461. The van der Waals surface area contributed by atoms with Crippen LogP contribution in [0.5, 0.6) is 34.5 Å². The van der Waals surface area contributed by atoms with Crippen LogP contribution in [0.1, 0.15) is 127 Å². The zero-order valence-corrected chi connectivity index (χ0v) is 63.5. The van der Waals surface area contributed by atoms with Gasteiger partial charge in [-0.05, 0) is 260 Å². The van der Waals surface area contributed by atoms with E-state index in [0.717, 1.165) is 125 Å². The molecule has 8 aromatic carbocycles. The lowest BCUT2D eigenvalue weighted by Gasteiger charge is -2.32. The van der Waals surface area contributed by atoms with E-state index in [2.05, 4.69) is 102 Å². The first-order valence-corrected chi connectivity index (χ1v) is 36.5. The summed E-state index contributed by atoms with van der Waals surface area (Å²) in [4.78, 5) is 37.7. The highest BCUT2D eigenvalue weighted by Gasteiger charge is 2.56. The number of aromatic amines is 2. The molecule has 18 rings (SSSR count). The number of rotatable bonds is 13. The van der Waals surface area contributed by atoms with Gasteiger partial charge >= 0.3 is 20.2 Å². The average molecular weight is 1530 g/mol. The molecule has 0 radical (unpaired) electrons. The first-order valence-electron chi connectivity index (χ1n) is 35.7. The fraction of sp³-hybridized carbons (Fsp3) is 0.338. The van der Waals surface area contributed by atoms with Gasteiger partial charge in [-0.25, -0.2) is 0 Å². The van der Waals surface area contributed by atoms with Gasteiger partial charge in [0.1, 0.15) is 0 Å². The van der Waals surface area contributed by atoms with Gasteiger partial charge in [0.2, 0.25) is 43.8 Å². The summed E-state index contributed by atoms with van der Waals surface area (Å²) >= 11 is 3.36. The van der Waals surface area contributed by atoms with Crippen molar-refractivity contribution in [3.05, 3.63) is 196 Å². The van der Waals surface area contributed by atoms with E-state index in [1.54, 1.807) is 12.1 Å². The number of nitrogens with one attached hydrogen (secondary N) is 4. The minimum absolute atomic E-state index is 0.00304. The van der Waals surface area contributed by atoms with Gasteiger partial charge in [0.15, 0.2) is 34.5 Å². The summed E-state index contributed by atoms with van der Waals surface area (Å²) in [5.74, 6) is 4.59. The van der Waals surface area contributed by atoms with Gasteiger partial charge in [0.25, 0.3) is 0 Å². The van der Waals surface area contributed by atoms with Crippen molar-refractivity contribution in [1.82, 2.24) is 41.2 Å². The van der Waals surface area contributed by atoms with Gasteiger partial charge in [-0.15, -0.1) is 20.4 Å². The Kier molecular flexibility index (Phi) is 20.0. The summed E-state index contributed by atoms with van der Waals surface area (Å²) < 4.78 is 57.7. The highest BCUT2D eigenvalue weighted by Crippen LogP contribution is 2.54. The molecule has 3 aliphatic carbocycles. The first kappa shape index (κ1) is 74.2. The number of carbonyl (C=O) groups excluding carboxylic acids is 2. The molecule has 2 aromatic heterocycles. The molecule has 0 bridgehead atoms. The summed E-state index contributed by atoms with van der Waals surface area (Å²) in [6.07, 6.45) is 4.67. The predicted molar refractivity (Wildman–Crippen MR) is 411 cm³/mol. The maximum atomic E-state index is 13.3. The number of amides is 2. The molecular formula is C80H84B2BrN11O14. The molecule has 556 valence electrons. The van der Waals surface area contributed by atoms with Gasteiger partial charge in [0, 0.05) is 32.7 Å². The zero-order valence-electron chi connectivity index (χ0n) is 61.9. The normalized spacial score (nSPS) is 18.3. The van der Waals surface area contributed by atoms with E-state index in [4.69, 9.17) is 57.9 Å². The Balaban J connectivity index is 0.000000119. The van der Waals surface area contributed by atoms with Crippen LogP contribution < -0.4 is 55.7 Å². The number of hydrogen-bond donors (Lipinski definition) is 6. The van der Waals surface area contributed by atoms with Crippen LogP contribution in [0.4, 0.5) is 17.1 Å². The van der Waals surface area contributed by atoms with Crippen LogP contribution in [0, 0.1) is 20.8 Å². The number of nitrogen functional groups attached to an aromatic ring is 1. The van der Waals surface area contributed by atoms with Crippen LogP contribution in [0.3, 0.4) is 0 Å². The standard InChI is InChI=1S/C25H21N5O3.C24H28BNO5.C13H20BNO2.C11H10O4.C7H5BrN4/c1-15-5-7-19(13-20(15)16-3-2-4-17(11-16)23-27-29-30-28-23)26-24(31)25(9-10-25)18-6-8-21-22(12-18)33-14-32-21;1-15-6-8-17(13-18(15)25-30-22(2,3)23(4,5)31-25)26-21(27)24(10-11-24)16-7-9-19-20(12-16)29-14-28-19;1-9-6-7-10(15)8-11(9)14-16-12(2,3)13(4,5)17-14;12-10(13)11(3-4-11)7-1-2-8-9(5-7)15-6-14-8;8-6-3-1-2-5(4-6)7-9-11-12-10-7/h2-8,11-13H,9-10,14H2,1H3,(H,26,31)(H,27,28,29,30);6-9,12-13H,10-11,14H2,1-5H3,(H,26,27);6-8H,15H2,1-5H3;1-2,5H,3-4,6H2,(H,12,13);1-4H,(H,9,10,11,12). The molecule has 10 aromatic rings. The summed E-state index contributed by atoms with van der Waals surface area (Å²) in [5.41, 5.74) is 16.8. The van der Waals surface area contributed by atoms with Gasteiger partial charge in [-0.2, -0.15) is 10.4 Å². The van der Waals surface area contributed by atoms with Gasteiger partial charge < -0.3 is 68.5 Å². The smallest absolute Gasteiger partial charge is 0.481 e. The van der Waals surface area contributed by atoms with Crippen LogP contribution in [0.2, 0.25) is 0 Å². The third-order valence-electron chi connectivity index (χ3n) is 21.9. The van der Waals surface area contributed by atoms with Crippen molar-refractivity contribution in [2.45, 2.75) is 153 Å². The fourth-order valence-corrected chi connectivity index (χ4v) is 13.6. The van der Waals surface area contributed by atoms with E-state index in [1.807, 2.05) is 187 Å². The number of nitrogens with zero attached hydrogens (tertiary/aromatic N) is 6. The molecular weight excluding hydrogens is 1440 g/mol. The Hall–Kier alpha value is -10.6. The summed E-state index contributed by atoms with van der Waals surface area (Å²) in [5, 5.41) is 43.2. The van der Waals surface area contributed by atoms with E-state index in [9.17, 15) is 14.4 Å². The second kappa shape index (κ2) is 29.2. The molecule has 7 N–H and O–H groups in total. The number of aliphatic carboxylic acids is 1. The Morgan fingerprint density at radius 2 is 0.833 bits per heavy atom. The molecule has 2 saturated heterocycles. The molecule has 8 aliphatic rings. The Labute approximate surface area is 634 Å². The van der Waals surface area contributed by atoms with E-state index < -0.39 is 40.5 Å². The molecule has 2 amide bonds. The van der Waals surface area contributed by atoms with Crippen LogP contribution in [0.15, 0.2) is 162 Å². The van der Waals surface area contributed by atoms with E-state index in [-0.39, 0.29) is 50.5 Å². The van der Waals surface area contributed by atoms with Crippen molar-refractivity contribution >= 4 is 75.9 Å². The molecule has 0 atom stereocenters. The largest absolute Gasteiger partial charge is 0.495 e. The minimum Gasteiger partial charge on any atom is -0.481 e. The number of carboxylic acids is 1. The van der Waals surface area contributed by atoms with Crippen molar-refractivity contribution in [3.8, 4) is 68.4 Å². The Morgan fingerprint density at radius 3 is 1.26 bits per heavy atom. The zero-order chi connectivity index (χ0) is 76.1. The molecule has 0 unspecified atom stereocenters. The van der Waals surface area contributed by atoms with Crippen LogP contribution >= 0.6 is 15.9 Å². The van der Waals surface area contributed by atoms with Gasteiger partial charge in [-0.1, -0.05) is 93.8 Å². The number of nitrogens with two attached hydrogens (primary N) is 1. The second-order valence-corrected chi connectivity index (χ2v) is 31.0. The number of aromatic nitrogens is 8. The number of benzene rings is 8. The molecule has 5 aliphatic heterocycles. The van der Waals surface area contributed by atoms with E-state index in [1.165, 1.54) is 0 Å². The van der Waals surface area contributed by atoms with Gasteiger partial charge in [0.05, 0.1) is 38.6 Å². The highest BCUT2D eigenvalue weighted by molar-refractivity contribution is 9.10. The number of halogens is 1. The van der Waals surface area contributed by atoms with Crippen LogP contribution in [-0.4, -0.2) is 121 Å². The summed E-state index contributed by atoms with van der Waals surface area (Å²) in [7, 11) is -0.797. The SMILES string of the molecule is Brc1cccc(-c2nn[nH]n2)c1.Cc1ccc(N)cc1B1OC(C)(C)C(C)(C)O1.Cc1ccc(NC(=O)C2(c3ccc4c(c3)OCO4)CC2)cc1-c1cccc(-c2nn[nH]n2)c1.Cc1ccc(NC(=O)C2(c3ccc4c(c3)OCO4)CC2)cc1B1OC(C)(C)C(C)(C)O1.O=C(O)C1(c2ccc3c(c2)OCO3)CC1. The van der Waals surface area contributed by atoms with Crippen molar-refractivity contribution in [2.75, 3.05) is 36.7 Å². The fourth-order valence-electron chi connectivity index (χ4n) is 13.2. The maximum absolute atomic E-state index is 13.3. The number of tetrazole rings is 2.